The number of halogens is 5. The Morgan fingerprint density at radius 2 is 1.94 bits per heavy atom. The lowest BCUT2D eigenvalue weighted by Gasteiger charge is -2.36. The van der Waals surface area contributed by atoms with Gasteiger partial charge in [-0.05, 0) is 62.8 Å². The van der Waals surface area contributed by atoms with Gasteiger partial charge in [-0.1, -0.05) is 0 Å². The van der Waals surface area contributed by atoms with Crippen molar-refractivity contribution in [2.75, 3.05) is 0 Å². The van der Waals surface area contributed by atoms with Crippen LogP contribution in [-0.4, -0.2) is 23.9 Å². The molecular formula is C21H23F5N4O3S. The lowest BCUT2D eigenvalue weighted by Crippen LogP contribution is -2.36. The van der Waals surface area contributed by atoms with Crippen LogP contribution in [0.3, 0.4) is 0 Å². The lowest BCUT2D eigenvalue weighted by atomic mass is 9.71. The molecule has 4 N–H and O–H groups in total. The van der Waals surface area contributed by atoms with Gasteiger partial charge in [-0.3, -0.25) is 0 Å². The molecular weight excluding hydrogens is 483 g/mol. The Labute approximate surface area is 193 Å². The zero-order valence-electron chi connectivity index (χ0n) is 18.3. The van der Waals surface area contributed by atoms with Crippen molar-refractivity contribution in [3.63, 3.8) is 0 Å². The van der Waals surface area contributed by atoms with E-state index in [1.807, 2.05) is 0 Å². The summed E-state index contributed by atoms with van der Waals surface area (Å²) in [7, 11) is -5.97. The first-order chi connectivity index (χ1) is 15.7. The van der Waals surface area contributed by atoms with Gasteiger partial charge in [-0.25, -0.2) is 13.8 Å². The highest BCUT2D eigenvalue weighted by Crippen LogP contribution is 2.43. The first kappa shape index (κ1) is 25.7. The Hall–Kier alpha value is -2.96. The van der Waals surface area contributed by atoms with E-state index in [4.69, 9.17) is 11.5 Å². The number of alkyl halides is 3. The third-order valence-corrected chi connectivity index (χ3v) is 6.75. The molecule has 0 amide bonds. The van der Waals surface area contributed by atoms with E-state index in [0.717, 1.165) is 6.20 Å². The van der Waals surface area contributed by atoms with Crippen molar-refractivity contribution < 1.29 is 34.6 Å². The molecule has 3 rings (SSSR count). The van der Waals surface area contributed by atoms with Crippen molar-refractivity contribution in [3.05, 3.63) is 63.8 Å². The maximum atomic E-state index is 14.2. The summed E-state index contributed by atoms with van der Waals surface area (Å²) in [6, 6.07) is -1.00. The summed E-state index contributed by atoms with van der Waals surface area (Å²) in [5.74, 6) is -1.44. The smallest absolute Gasteiger partial charge is 0.401 e. The molecule has 7 nitrogen and oxygen atoms in total. The Morgan fingerprint density at radius 3 is 2.56 bits per heavy atom. The molecule has 1 aromatic heterocycles. The summed E-state index contributed by atoms with van der Waals surface area (Å²) >= 11 is 0. The monoisotopic (exact) mass is 506 g/mol. The molecule has 0 bridgehead atoms. The molecule has 186 valence electrons. The van der Waals surface area contributed by atoms with Crippen molar-refractivity contribution >= 4 is 10.1 Å². The molecule has 0 radical (unpaired) electrons. The normalized spacial score (nSPS) is 22.7. The predicted molar refractivity (Wildman–Crippen MR) is 114 cm³/mol. The van der Waals surface area contributed by atoms with Crippen molar-refractivity contribution in [2.45, 2.75) is 56.9 Å². The van der Waals surface area contributed by atoms with Gasteiger partial charge in [0.1, 0.15) is 11.7 Å². The minimum Gasteiger partial charge on any atom is -0.401 e. The Bertz CT molecular complexity index is 1240. The van der Waals surface area contributed by atoms with Crippen LogP contribution in [0.2, 0.25) is 0 Å². The van der Waals surface area contributed by atoms with E-state index in [-0.39, 0.29) is 35.5 Å². The van der Waals surface area contributed by atoms with Gasteiger partial charge < -0.3 is 15.7 Å². The summed E-state index contributed by atoms with van der Waals surface area (Å²) in [6.07, 6.45) is 5.36. The van der Waals surface area contributed by atoms with Crippen LogP contribution in [-0.2, 0) is 15.5 Å². The van der Waals surface area contributed by atoms with Crippen molar-refractivity contribution in [1.82, 2.24) is 9.97 Å². The van der Waals surface area contributed by atoms with E-state index in [2.05, 4.69) is 14.2 Å². The van der Waals surface area contributed by atoms with E-state index < -0.39 is 38.7 Å². The summed E-state index contributed by atoms with van der Waals surface area (Å²) in [5.41, 5.74) is 6.50. The number of hydrogen-bond donors (Lipinski definition) is 2. The van der Waals surface area contributed by atoms with Crippen LogP contribution in [0.5, 0.6) is 6.01 Å². The van der Waals surface area contributed by atoms with E-state index in [1.165, 1.54) is 12.2 Å². The summed E-state index contributed by atoms with van der Waals surface area (Å²) < 4.78 is 93.3. The molecule has 2 aliphatic carbocycles. The fourth-order valence-corrected chi connectivity index (χ4v) is 4.43. The van der Waals surface area contributed by atoms with E-state index in [0.29, 0.717) is 30.4 Å². The molecule has 1 unspecified atom stereocenters. The maximum Gasteiger partial charge on any atom is 0.534 e. The molecule has 0 aromatic carbocycles. The number of nitrogens with two attached hydrogens (primary N) is 2. The lowest BCUT2D eigenvalue weighted by molar-refractivity contribution is -0.0503. The van der Waals surface area contributed by atoms with Gasteiger partial charge in [0.05, 0.1) is 16.7 Å². The van der Waals surface area contributed by atoms with Crippen molar-refractivity contribution in [2.24, 2.45) is 11.5 Å². The average Bonchev–Trinajstić information content (AvgIpc) is 2.71. The van der Waals surface area contributed by atoms with Crippen molar-refractivity contribution in [3.8, 4) is 6.01 Å². The minimum atomic E-state index is -5.97. The van der Waals surface area contributed by atoms with Crippen molar-refractivity contribution in [1.29, 1.82) is 0 Å². The first-order valence-electron chi connectivity index (χ1n) is 10.2. The standard InChI is InChI=1S/C21H23F5N4O3S/c1-11-10-29-19(33-34(31,32)21(24,25)26)30-18(11)20(2)8-4-5-12(17(20)28)9-15(27)16-13(22)6-3-7-14(16)23/h6,9-10H,3-5,7-8,27-28H2,1-2H3/b15-9-. The molecule has 2 aliphatic rings. The van der Waals surface area contributed by atoms with Gasteiger partial charge >= 0.3 is 21.6 Å². The van der Waals surface area contributed by atoms with Crippen LogP contribution in [0.25, 0.3) is 0 Å². The zero-order valence-corrected chi connectivity index (χ0v) is 19.2. The first-order valence-corrected chi connectivity index (χ1v) is 11.6. The second-order valence-electron chi connectivity index (χ2n) is 8.26. The third kappa shape index (κ3) is 4.79. The molecule has 1 aromatic rings. The number of rotatable bonds is 5. The number of aryl methyl sites for hydroxylation is 1. The maximum absolute atomic E-state index is 14.2. The van der Waals surface area contributed by atoms with Crippen LogP contribution < -0.4 is 15.7 Å². The van der Waals surface area contributed by atoms with Crippen LogP contribution in [0.15, 0.2) is 52.5 Å². The SMILES string of the molecule is Cc1cnc(OS(=O)(=O)C(F)(F)F)nc1C1(C)CCCC(/C=C(\N)C2=C(F)CCC=C2F)=C1N. The van der Waals surface area contributed by atoms with Crippen LogP contribution in [0.1, 0.15) is 50.3 Å². The highest BCUT2D eigenvalue weighted by Gasteiger charge is 2.49. The van der Waals surface area contributed by atoms with Crippen LogP contribution in [0.4, 0.5) is 22.0 Å². The van der Waals surface area contributed by atoms with Gasteiger partial charge in [0.15, 0.2) is 0 Å². The molecule has 1 atom stereocenters. The highest BCUT2D eigenvalue weighted by atomic mass is 32.2. The van der Waals surface area contributed by atoms with Gasteiger partial charge in [-0.2, -0.15) is 26.6 Å². The molecule has 0 fully saturated rings. The summed E-state index contributed by atoms with van der Waals surface area (Å²) in [5, 5.41) is 0. The van der Waals surface area contributed by atoms with Crippen LogP contribution >= 0.6 is 0 Å². The van der Waals surface area contributed by atoms with Gasteiger partial charge in [0, 0.05) is 24.0 Å². The Kier molecular flexibility index (Phi) is 6.80. The predicted octanol–water partition coefficient (Wildman–Crippen LogP) is 4.38. The van der Waals surface area contributed by atoms with Crippen LogP contribution in [0, 0.1) is 6.92 Å². The number of nitrogens with zero attached hydrogens (tertiary/aromatic N) is 2. The summed E-state index contributed by atoms with van der Waals surface area (Å²) in [6.45, 7) is 3.25. The quantitative estimate of drug-likeness (QED) is 0.345. The largest absolute Gasteiger partial charge is 0.534 e. The van der Waals surface area contributed by atoms with E-state index in [9.17, 15) is 30.4 Å². The number of allylic oxidation sites excluding steroid dienone is 6. The topological polar surface area (TPSA) is 121 Å². The molecule has 34 heavy (non-hydrogen) atoms. The zero-order chi connectivity index (χ0) is 25.5. The third-order valence-electron chi connectivity index (χ3n) is 5.82. The van der Waals surface area contributed by atoms with E-state index >= 15 is 0 Å². The average molecular weight is 506 g/mol. The summed E-state index contributed by atoms with van der Waals surface area (Å²) in [4.78, 5) is 7.46. The molecule has 0 saturated carbocycles. The minimum absolute atomic E-state index is 0.0211. The second kappa shape index (κ2) is 9.01. The Balaban J connectivity index is 2.05. The molecule has 1 heterocycles. The molecule has 0 saturated heterocycles. The highest BCUT2D eigenvalue weighted by molar-refractivity contribution is 7.87. The van der Waals surface area contributed by atoms with Gasteiger partial charge in [-0.15, -0.1) is 0 Å². The molecule has 0 spiro atoms. The fourth-order valence-electron chi connectivity index (χ4n) is 4.06. The number of aromatic nitrogens is 2. The van der Waals surface area contributed by atoms with Gasteiger partial charge in [0.25, 0.3) is 0 Å². The van der Waals surface area contributed by atoms with Gasteiger partial charge in [0.2, 0.25) is 0 Å². The fraction of sp³-hybridized carbons (Fsp3) is 0.429. The second-order valence-corrected chi connectivity index (χ2v) is 9.80. The van der Waals surface area contributed by atoms with E-state index in [1.54, 1.807) is 13.8 Å². The Morgan fingerprint density at radius 1 is 1.26 bits per heavy atom. The molecule has 13 heteroatoms. The molecule has 0 aliphatic heterocycles. The number of hydrogen-bond acceptors (Lipinski definition) is 7.